The maximum absolute atomic E-state index is 12.4. The molecule has 148 valence electrons. The minimum absolute atomic E-state index is 0.120. The summed E-state index contributed by atoms with van der Waals surface area (Å²) in [4.78, 5) is 13.4. The lowest BCUT2D eigenvalue weighted by Gasteiger charge is -2.10. The first-order valence-corrected chi connectivity index (χ1v) is 11.3. The molecule has 1 heterocycles. The van der Waals surface area contributed by atoms with Gasteiger partial charge in [0, 0.05) is 10.6 Å². The number of benzene rings is 2. The number of hydrogen-bond acceptors (Lipinski definition) is 8. The molecule has 1 aromatic heterocycles. The van der Waals surface area contributed by atoms with Crippen molar-refractivity contribution in [2.24, 2.45) is 0 Å². The summed E-state index contributed by atoms with van der Waals surface area (Å²) in [5.41, 5.74) is 1.74. The van der Waals surface area contributed by atoms with E-state index in [1.165, 1.54) is 23.1 Å². The number of amides is 1. The molecule has 0 bridgehead atoms. The molecule has 0 fully saturated rings. The van der Waals surface area contributed by atoms with E-state index in [0.717, 1.165) is 26.3 Å². The Morgan fingerprint density at radius 2 is 1.93 bits per heavy atom. The van der Waals surface area contributed by atoms with Crippen LogP contribution in [0.25, 0.3) is 0 Å². The molecule has 3 aromatic rings. The minimum Gasteiger partial charge on any atom is -0.497 e. The number of carbonyl (C=O) groups excluding carboxylic acids is 1. The Balaban J connectivity index is 1.50. The van der Waals surface area contributed by atoms with Crippen molar-refractivity contribution in [3.63, 3.8) is 0 Å². The molecule has 0 aliphatic carbocycles. The van der Waals surface area contributed by atoms with E-state index in [1.807, 2.05) is 43.3 Å². The van der Waals surface area contributed by atoms with Gasteiger partial charge in [0.2, 0.25) is 11.0 Å². The highest BCUT2D eigenvalue weighted by molar-refractivity contribution is 8.00. The van der Waals surface area contributed by atoms with Crippen molar-refractivity contribution < 1.29 is 9.53 Å². The Morgan fingerprint density at radius 3 is 2.59 bits per heavy atom. The molecule has 3 rings (SSSR count). The van der Waals surface area contributed by atoms with Crippen LogP contribution in [0.4, 0.5) is 5.13 Å². The van der Waals surface area contributed by atoms with Crippen LogP contribution < -0.4 is 10.1 Å². The highest BCUT2D eigenvalue weighted by Gasteiger charge is 2.17. The summed E-state index contributed by atoms with van der Waals surface area (Å²) in [6.45, 7) is 1.85. The van der Waals surface area contributed by atoms with Gasteiger partial charge in [-0.05, 0) is 48.9 Å². The van der Waals surface area contributed by atoms with Crippen LogP contribution in [0.2, 0.25) is 0 Å². The standard InChI is InChI=1S/C20H18N4O2S3/c1-13(28-17-9-7-16(26-2)8-10-17)18(25)22-19-23-24-20(29-19)27-12-15-5-3-14(11-21)4-6-15/h3-10,13H,12H2,1-2H3,(H,22,23,25). The van der Waals surface area contributed by atoms with Gasteiger partial charge < -0.3 is 4.74 Å². The predicted molar refractivity (Wildman–Crippen MR) is 118 cm³/mol. The molecule has 1 unspecified atom stereocenters. The zero-order chi connectivity index (χ0) is 20.6. The van der Waals surface area contributed by atoms with Gasteiger partial charge in [-0.3, -0.25) is 10.1 Å². The van der Waals surface area contributed by atoms with Gasteiger partial charge in [0.05, 0.1) is 24.0 Å². The highest BCUT2D eigenvalue weighted by atomic mass is 32.2. The average Bonchev–Trinajstić information content (AvgIpc) is 3.20. The number of carbonyl (C=O) groups is 1. The van der Waals surface area contributed by atoms with Gasteiger partial charge >= 0.3 is 0 Å². The third-order valence-corrected chi connectivity index (χ3v) is 6.98. The quantitative estimate of drug-likeness (QED) is 0.395. The number of aromatic nitrogens is 2. The number of methoxy groups -OCH3 is 1. The molecule has 1 atom stereocenters. The van der Waals surface area contributed by atoms with Crippen molar-refractivity contribution >= 4 is 45.9 Å². The smallest absolute Gasteiger partial charge is 0.239 e. The van der Waals surface area contributed by atoms with Crippen molar-refractivity contribution in [1.29, 1.82) is 5.26 Å². The summed E-state index contributed by atoms with van der Waals surface area (Å²) in [7, 11) is 1.62. The Hall–Kier alpha value is -2.54. The van der Waals surface area contributed by atoms with E-state index in [9.17, 15) is 4.79 Å². The molecule has 0 saturated carbocycles. The van der Waals surface area contributed by atoms with Crippen molar-refractivity contribution in [2.75, 3.05) is 12.4 Å². The zero-order valence-corrected chi connectivity index (χ0v) is 18.2. The molecule has 2 aromatic carbocycles. The maximum atomic E-state index is 12.4. The van der Waals surface area contributed by atoms with Crippen LogP contribution in [0.3, 0.4) is 0 Å². The minimum atomic E-state index is -0.276. The molecule has 29 heavy (non-hydrogen) atoms. The molecule has 9 heteroatoms. The highest BCUT2D eigenvalue weighted by Crippen LogP contribution is 2.30. The number of nitriles is 1. The van der Waals surface area contributed by atoms with E-state index in [1.54, 1.807) is 31.0 Å². The molecule has 1 N–H and O–H groups in total. The van der Waals surface area contributed by atoms with Crippen molar-refractivity contribution in [1.82, 2.24) is 10.2 Å². The number of rotatable bonds is 8. The summed E-state index contributed by atoms with van der Waals surface area (Å²) < 4.78 is 5.92. The number of hydrogen-bond donors (Lipinski definition) is 1. The number of thioether (sulfide) groups is 2. The Morgan fingerprint density at radius 1 is 1.21 bits per heavy atom. The molecule has 0 aliphatic heterocycles. The Bertz CT molecular complexity index is 998. The van der Waals surface area contributed by atoms with Crippen LogP contribution in [0.15, 0.2) is 57.8 Å². The van der Waals surface area contributed by atoms with Crippen LogP contribution in [-0.2, 0) is 10.5 Å². The number of ether oxygens (including phenoxy) is 1. The maximum Gasteiger partial charge on any atom is 0.239 e. The van der Waals surface area contributed by atoms with Crippen LogP contribution in [0, 0.1) is 11.3 Å². The molecule has 6 nitrogen and oxygen atoms in total. The van der Waals surface area contributed by atoms with Crippen LogP contribution in [0.5, 0.6) is 5.75 Å². The average molecular weight is 443 g/mol. The van der Waals surface area contributed by atoms with Crippen molar-refractivity contribution in [3.8, 4) is 11.8 Å². The topological polar surface area (TPSA) is 87.9 Å². The predicted octanol–water partition coefficient (Wildman–Crippen LogP) is 4.83. The Kier molecular flexibility index (Phi) is 7.52. The van der Waals surface area contributed by atoms with E-state index in [2.05, 4.69) is 21.6 Å². The lowest BCUT2D eigenvalue weighted by Crippen LogP contribution is -2.22. The van der Waals surface area contributed by atoms with E-state index < -0.39 is 0 Å². The lowest BCUT2D eigenvalue weighted by molar-refractivity contribution is -0.115. The van der Waals surface area contributed by atoms with Gasteiger partial charge in [-0.1, -0.05) is 35.2 Å². The summed E-state index contributed by atoms with van der Waals surface area (Å²) in [5, 5.41) is 20.1. The molecule has 1 amide bonds. The summed E-state index contributed by atoms with van der Waals surface area (Å²) in [6, 6.07) is 17.1. The second-order valence-electron chi connectivity index (χ2n) is 5.90. The van der Waals surface area contributed by atoms with E-state index >= 15 is 0 Å². The normalized spacial score (nSPS) is 11.5. The lowest BCUT2D eigenvalue weighted by atomic mass is 10.2. The zero-order valence-electron chi connectivity index (χ0n) is 15.8. The second-order valence-corrected chi connectivity index (χ2v) is 9.51. The molecule has 0 radical (unpaired) electrons. The first kappa shape index (κ1) is 21.2. The van der Waals surface area contributed by atoms with Gasteiger partial charge in [-0.2, -0.15) is 5.26 Å². The fourth-order valence-electron chi connectivity index (χ4n) is 2.26. The van der Waals surface area contributed by atoms with Crippen molar-refractivity contribution in [2.45, 2.75) is 27.2 Å². The molecule has 0 aliphatic rings. The molecular formula is C20H18N4O2S3. The Labute approximate surface area is 181 Å². The monoisotopic (exact) mass is 442 g/mol. The summed E-state index contributed by atoms with van der Waals surface area (Å²) >= 11 is 4.36. The van der Waals surface area contributed by atoms with Gasteiger partial charge in [-0.25, -0.2) is 0 Å². The van der Waals surface area contributed by atoms with Gasteiger partial charge in [0.25, 0.3) is 0 Å². The SMILES string of the molecule is COc1ccc(SC(C)C(=O)Nc2nnc(SCc3ccc(C#N)cc3)s2)cc1. The molecule has 0 spiro atoms. The third kappa shape index (κ3) is 6.22. The van der Waals surface area contributed by atoms with Gasteiger partial charge in [0.15, 0.2) is 4.34 Å². The van der Waals surface area contributed by atoms with Crippen LogP contribution >= 0.6 is 34.9 Å². The fraction of sp³-hybridized carbons (Fsp3) is 0.200. The molecule has 0 saturated heterocycles. The van der Waals surface area contributed by atoms with Gasteiger partial charge in [-0.15, -0.1) is 22.0 Å². The summed E-state index contributed by atoms with van der Waals surface area (Å²) in [6.07, 6.45) is 0. The van der Waals surface area contributed by atoms with Gasteiger partial charge in [0.1, 0.15) is 5.75 Å². The number of anilines is 1. The number of nitrogens with zero attached hydrogens (tertiary/aromatic N) is 3. The first-order chi connectivity index (χ1) is 14.1. The van der Waals surface area contributed by atoms with Crippen molar-refractivity contribution in [3.05, 3.63) is 59.7 Å². The fourth-order valence-corrected chi connectivity index (χ4v) is 4.84. The summed E-state index contributed by atoms with van der Waals surface area (Å²) in [5.74, 6) is 1.38. The second kappa shape index (κ2) is 10.3. The van der Waals surface area contributed by atoms with Crippen LogP contribution in [-0.4, -0.2) is 28.5 Å². The van der Waals surface area contributed by atoms with E-state index in [0.29, 0.717) is 10.7 Å². The van der Waals surface area contributed by atoms with Crippen LogP contribution in [0.1, 0.15) is 18.1 Å². The largest absolute Gasteiger partial charge is 0.497 e. The molecular weight excluding hydrogens is 424 g/mol. The first-order valence-electron chi connectivity index (χ1n) is 8.64. The van der Waals surface area contributed by atoms with E-state index in [-0.39, 0.29) is 11.2 Å². The third-order valence-electron chi connectivity index (χ3n) is 3.82. The number of nitrogens with one attached hydrogen (secondary N) is 1. The van der Waals surface area contributed by atoms with E-state index in [4.69, 9.17) is 10.00 Å².